The molecule has 0 fully saturated rings. The Balaban J connectivity index is 2.16. The predicted molar refractivity (Wildman–Crippen MR) is 85.6 cm³/mol. The first kappa shape index (κ1) is 15.9. The van der Waals surface area contributed by atoms with Crippen molar-refractivity contribution < 1.29 is 9.53 Å². The van der Waals surface area contributed by atoms with Crippen LogP contribution in [0.2, 0.25) is 5.02 Å². The van der Waals surface area contributed by atoms with Gasteiger partial charge in [0.1, 0.15) is 5.56 Å². The second kappa shape index (κ2) is 6.95. The summed E-state index contributed by atoms with van der Waals surface area (Å²) in [7, 11) is 1.78. The van der Waals surface area contributed by atoms with Crippen LogP contribution in [0.5, 0.6) is 0 Å². The molecule has 0 saturated heterocycles. The Morgan fingerprint density at radius 2 is 2.29 bits per heavy atom. The van der Waals surface area contributed by atoms with E-state index in [2.05, 4.69) is 26.3 Å². The van der Waals surface area contributed by atoms with Gasteiger partial charge >= 0.3 is 5.97 Å². The standard InChI is InChI=1S/C14H15BrClN3O2/c1-3-21-14(20)10-7-18-19(2)13(10)8-17-12-5-4-9(15)6-11(12)16/h4-7,17H,3,8H2,1-2H3. The number of nitrogens with zero attached hydrogens (tertiary/aromatic N) is 2. The van der Waals surface area contributed by atoms with Gasteiger partial charge in [-0.25, -0.2) is 4.79 Å². The Morgan fingerprint density at radius 1 is 1.52 bits per heavy atom. The molecule has 1 heterocycles. The van der Waals surface area contributed by atoms with Crippen molar-refractivity contribution in [3.63, 3.8) is 0 Å². The van der Waals surface area contributed by atoms with Crippen LogP contribution < -0.4 is 5.32 Å². The highest BCUT2D eigenvalue weighted by atomic mass is 79.9. The number of aromatic nitrogens is 2. The van der Waals surface area contributed by atoms with Gasteiger partial charge in [-0.1, -0.05) is 27.5 Å². The van der Waals surface area contributed by atoms with Crippen molar-refractivity contribution in [3.8, 4) is 0 Å². The largest absolute Gasteiger partial charge is 0.462 e. The third kappa shape index (κ3) is 3.77. The van der Waals surface area contributed by atoms with Crippen molar-refractivity contribution in [3.05, 3.63) is 45.1 Å². The topological polar surface area (TPSA) is 56.1 Å². The van der Waals surface area contributed by atoms with E-state index in [4.69, 9.17) is 16.3 Å². The van der Waals surface area contributed by atoms with Crippen LogP contribution in [-0.2, 0) is 18.3 Å². The summed E-state index contributed by atoms with van der Waals surface area (Å²) in [5, 5.41) is 7.90. The summed E-state index contributed by atoms with van der Waals surface area (Å²) < 4.78 is 7.57. The smallest absolute Gasteiger partial charge is 0.341 e. The van der Waals surface area contributed by atoms with Crippen LogP contribution in [0.4, 0.5) is 5.69 Å². The maximum Gasteiger partial charge on any atom is 0.341 e. The maximum absolute atomic E-state index is 11.9. The fraction of sp³-hybridized carbons (Fsp3) is 0.286. The lowest BCUT2D eigenvalue weighted by molar-refractivity contribution is 0.0525. The first-order valence-electron chi connectivity index (χ1n) is 6.39. The molecule has 7 heteroatoms. The minimum Gasteiger partial charge on any atom is -0.462 e. The quantitative estimate of drug-likeness (QED) is 0.814. The van der Waals surface area contributed by atoms with Crippen LogP contribution >= 0.6 is 27.5 Å². The van der Waals surface area contributed by atoms with Gasteiger partial charge in [0.05, 0.1) is 35.8 Å². The molecular formula is C14H15BrClN3O2. The van der Waals surface area contributed by atoms with Crippen molar-refractivity contribution >= 4 is 39.2 Å². The summed E-state index contributed by atoms with van der Waals surface area (Å²) in [6.07, 6.45) is 1.51. The zero-order chi connectivity index (χ0) is 15.4. The van der Waals surface area contributed by atoms with Crippen molar-refractivity contribution in [1.29, 1.82) is 0 Å². The molecule has 2 rings (SSSR count). The number of hydrogen-bond acceptors (Lipinski definition) is 4. The molecular weight excluding hydrogens is 358 g/mol. The molecule has 0 radical (unpaired) electrons. The first-order chi connectivity index (χ1) is 10.0. The highest BCUT2D eigenvalue weighted by molar-refractivity contribution is 9.10. The van der Waals surface area contributed by atoms with Crippen LogP contribution in [0, 0.1) is 0 Å². The van der Waals surface area contributed by atoms with E-state index in [0.717, 1.165) is 15.9 Å². The lowest BCUT2D eigenvalue weighted by atomic mass is 10.2. The summed E-state index contributed by atoms with van der Waals surface area (Å²) in [6, 6.07) is 5.57. The average molecular weight is 373 g/mol. The summed E-state index contributed by atoms with van der Waals surface area (Å²) in [4.78, 5) is 11.9. The number of carbonyl (C=O) groups excluding carboxylic acids is 1. The number of carbonyl (C=O) groups is 1. The van der Waals surface area contributed by atoms with E-state index in [1.165, 1.54) is 6.20 Å². The number of ether oxygens (including phenoxy) is 1. The third-order valence-electron chi connectivity index (χ3n) is 2.93. The normalized spacial score (nSPS) is 10.5. The fourth-order valence-corrected chi connectivity index (χ4v) is 2.60. The van der Waals surface area contributed by atoms with E-state index in [9.17, 15) is 4.79 Å². The minimum absolute atomic E-state index is 0.332. The third-order valence-corrected chi connectivity index (χ3v) is 3.74. The molecule has 5 nitrogen and oxygen atoms in total. The molecule has 0 aliphatic carbocycles. The Morgan fingerprint density at radius 3 is 2.95 bits per heavy atom. The first-order valence-corrected chi connectivity index (χ1v) is 7.57. The van der Waals surface area contributed by atoms with E-state index in [-0.39, 0.29) is 5.97 Å². The average Bonchev–Trinajstić information content (AvgIpc) is 2.79. The number of nitrogens with one attached hydrogen (secondary N) is 1. The molecule has 0 amide bonds. The molecule has 0 bridgehead atoms. The number of anilines is 1. The summed E-state index contributed by atoms with van der Waals surface area (Å²) in [5.41, 5.74) is 1.99. The number of hydrogen-bond donors (Lipinski definition) is 1. The zero-order valence-corrected chi connectivity index (χ0v) is 14.0. The molecule has 0 atom stereocenters. The monoisotopic (exact) mass is 371 g/mol. The number of rotatable bonds is 5. The van der Waals surface area contributed by atoms with Crippen LogP contribution in [0.3, 0.4) is 0 Å². The molecule has 112 valence electrons. The second-order valence-electron chi connectivity index (χ2n) is 4.33. The highest BCUT2D eigenvalue weighted by Gasteiger charge is 2.17. The van der Waals surface area contributed by atoms with Crippen molar-refractivity contribution in [2.45, 2.75) is 13.5 Å². The summed E-state index contributed by atoms with van der Waals surface area (Å²) in [5.74, 6) is -0.371. The Hall–Kier alpha value is -1.53. The molecule has 0 aliphatic heterocycles. The van der Waals surface area contributed by atoms with Gasteiger partial charge in [-0.15, -0.1) is 0 Å². The Kier molecular flexibility index (Phi) is 5.25. The van der Waals surface area contributed by atoms with Gasteiger partial charge < -0.3 is 10.1 Å². The molecule has 0 unspecified atom stereocenters. The number of benzene rings is 1. The van der Waals surface area contributed by atoms with E-state index in [0.29, 0.717) is 23.7 Å². The van der Waals surface area contributed by atoms with Gasteiger partial charge in [-0.2, -0.15) is 5.10 Å². The Labute approximate surface area is 136 Å². The summed E-state index contributed by atoms with van der Waals surface area (Å²) in [6.45, 7) is 2.53. The van der Waals surface area contributed by atoms with E-state index >= 15 is 0 Å². The van der Waals surface area contributed by atoms with Crippen LogP contribution in [0.15, 0.2) is 28.9 Å². The van der Waals surface area contributed by atoms with Gasteiger partial charge in [-0.05, 0) is 25.1 Å². The maximum atomic E-state index is 11.9. The van der Waals surface area contributed by atoms with Gasteiger partial charge in [0.2, 0.25) is 0 Å². The van der Waals surface area contributed by atoms with Gasteiger partial charge in [0, 0.05) is 11.5 Å². The molecule has 0 saturated carbocycles. The van der Waals surface area contributed by atoms with Crippen molar-refractivity contribution in [2.24, 2.45) is 7.05 Å². The van der Waals surface area contributed by atoms with Gasteiger partial charge in [0.15, 0.2) is 0 Å². The predicted octanol–water partition coefficient (Wildman–Crippen LogP) is 3.62. The number of aryl methyl sites for hydroxylation is 1. The molecule has 0 spiro atoms. The second-order valence-corrected chi connectivity index (χ2v) is 5.65. The van der Waals surface area contributed by atoms with Crippen molar-refractivity contribution in [2.75, 3.05) is 11.9 Å². The van der Waals surface area contributed by atoms with E-state index in [1.807, 2.05) is 12.1 Å². The molecule has 2 aromatic rings. The molecule has 21 heavy (non-hydrogen) atoms. The Bertz CT molecular complexity index is 658. The number of esters is 1. The molecule has 0 aliphatic rings. The summed E-state index contributed by atoms with van der Waals surface area (Å²) >= 11 is 9.51. The molecule has 1 aromatic heterocycles. The zero-order valence-electron chi connectivity index (χ0n) is 11.7. The fourth-order valence-electron chi connectivity index (χ4n) is 1.86. The van der Waals surface area contributed by atoms with E-state index in [1.54, 1.807) is 24.7 Å². The van der Waals surface area contributed by atoms with E-state index < -0.39 is 0 Å². The van der Waals surface area contributed by atoms with Gasteiger partial charge in [-0.3, -0.25) is 4.68 Å². The van der Waals surface area contributed by atoms with Crippen LogP contribution in [0.1, 0.15) is 23.0 Å². The highest BCUT2D eigenvalue weighted by Crippen LogP contribution is 2.26. The SMILES string of the molecule is CCOC(=O)c1cnn(C)c1CNc1ccc(Br)cc1Cl. The van der Waals surface area contributed by atoms with Crippen molar-refractivity contribution in [1.82, 2.24) is 9.78 Å². The minimum atomic E-state index is -0.371. The molecule has 1 aromatic carbocycles. The molecule has 1 N–H and O–H groups in total. The lowest BCUT2D eigenvalue weighted by Crippen LogP contribution is -2.12. The van der Waals surface area contributed by atoms with Crippen LogP contribution in [0.25, 0.3) is 0 Å². The van der Waals surface area contributed by atoms with Crippen LogP contribution in [-0.4, -0.2) is 22.4 Å². The number of halogens is 2. The lowest BCUT2D eigenvalue weighted by Gasteiger charge is -2.10. The van der Waals surface area contributed by atoms with Gasteiger partial charge in [0.25, 0.3) is 0 Å².